The van der Waals surface area contributed by atoms with E-state index < -0.39 is 11.8 Å². The summed E-state index contributed by atoms with van der Waals surface area (Å²) in [5.74, 6) is -0.341. The molecule has 9 nitrogen and oxygen atoms in total. The lowest BCUT2D eigenvalue weighted by Crippen LogP contribution is -2.39. The molecule has 208 valence electrons. The van der Waals surface area contributed by atoms with E-state index in [1.165, 1.54) is 18.4 Å². The van der Waals surface area contributed by atoms with Crippen LogP contribution >= 0.6 is 11.3 Å². The average Bonchev–Trinajstić information content (AvgIpc) is 3.27. The van der Waals surface area contributed by atoms with Gasteiger partial charge < -0.3 is 20.5 Å². The Bertz CT molecular complexity index is 1620. The number of hydrogen-bond donors (Lipinski definition) is 3. The molecule has 1 aliphatic heterocycles. The van der Waals surface area contributed by atoms with E-state index in [0.717, 1.165) is 10.4 Å². The summed E-state index contributed by atoms with van der Waals surface area (Å²) in [4.78, 5) is 44.0. The molecule has 4 N–H and O–H groups in total. The summed E-state index contributed by atoms with van der Waals surface area (Å²) in [6, 6.07) is 10.9. The zero-order chi connectivity index (χ0) is 28.8. The minimum absolute atomic E-state index is 0.0131. The summed E-state index contributed by atoms with van der Waals surface area (Å²) in [5.41, 5.74) is 9.77. The molecule has 2 aliphatic rings. The molecule has 0 fully saturated rings. The number of fused-ring (bicyclic) bond motifs is 1. The van der Waals surface area contributed by atoms with Crippen molar-refractivity contribution in [1.82, 2.24) is 10.3 Å². The number of thiazole rings is 1. The maximum Gasteiger partial charge on any atom is 0.256 e. The number of nitrogens with zero attached hydrogens (tertiary/aromatic N) is 1. The van der Waals surface area contributed by atoms with Gasteiger partial charge in [0.15, 0.2) is 10.9 Å². The Morgan fingerprint density at radius 2 is 1.93 bits per heavy atom. The molecule has 0 radical (unpaired) electrons. The Morgan fingerprint density at radius 1 is 1.15 bits per heavy atom. The SMILES string of the molecule is COc1ccc2sc(NC(=O)C3=C(C)NC4=C(C(=O)CC(C)(C)C4)[C@@H]3c3ccc(OC)c(CC(N)=O)c3)nc2c1. The number of anilines is 1. The van der Waals surface area contributed by atoms with Crippen LogP contribution in [0, 0.1) is 5.41 Å². The largest absolute Gasteiger partial charge is 0.497 e. The highest BCUT2D eigenvalue weighted by atomic mass is 32.1. The average molecular weight is 561 g/mol. The van der Waals surface area contributed by atoms with Gasteiger partial charge in [0.25, 0.3) is 5.91 Å². The summed E-state index contributed by atoms with van der Waals surface area (Å²) in [5, 5.41) is 6.78. The van der Waals surface area contributed by atoms with Crippen LogP contribution in [0.1, 0.15) is 50.7 Å². The highest BCUT2D eigenvalue weighted by Crippen LogP contribution is 2.47. The van der Waals surface area contributed by atoms with E-state index in [0.29, 0.717) is 63.0 Å². The molecule has 0 bridgehead atoms. The molecule has 1 aromatic heterocycles. The van der Waals surface area contributed by atoms with Crippen LogP contribution in [-0.4, -0.2) is 36.8 Å². The molecule has 40 heavy (non-hydrogen) atoms. The van der Waals surface area contributed by atoms with Gasteiger partial charge in [-0.1, -0.05) is 37.3 Å². The van der Waals surface area contributed by atoms with Crippen molar-refractivity contribution in [2.45, 2.75) is 46.0 Å². The second-order valence-electron chi connectivity index (χ2n) is 11.0. The van der Waals surface area contributed by atoms with Gasteiger partial charge in [0.2, 0.25) is 5.91 Å². The standard InChI is InChI=1S/C30H32N4O5S/c1-15-25(28(37)34-29-33-19-12-18(38-4)7-9-23(19)40-29)26(27-20(32-15)13-30(2,3)14-21(27)35)16-6-8-22(39-5)17(10-16)11-24(31)36/h6-10,12,26,32H,11,13-14H2,1-5H3,(H2,31,36)(H,33,34,37)/t26-/m1/s1. The summed E-state index contributed by atoms with van der Waals surface area (Å²) in [6.45, 7) is 5.97. The number of rotatable bonds is 7. The van der Waals surface area contributed by atoms with Crippen molar-refractivity contribution in [3.05, 3.63) is 70.1 Å². The molecule has 1 atom stereocenters. The summed E-state index contributed by atoms with van der Waals surface area (Å²) in [6.07, 6.45) is 0.997. The Morgan fingerprint density at radius 3 is 2.62 bits per heavy atom. The van der Waals surface area contributed by atoms with Gasteiger partial charge in [-0.3, -0.25) is 19.7 Å². The normalized spacial score (nSPS) is 18.3. The predicted molar refractivity (Wildman–Crippen MR) is 154 cm³/mol. The fourth-order valence-electron chi connectivity index (χ4n) is 5.63. The number of allylic oxidation sites excluding steroid dienone is 3. The highest BCUT2D eigenvalue weighted by molar-refractivity contribution is 7.22. The van der Waals surface area contributed by atoms with E-state index in [4.69, 9.17) is 15.2 Å². The van der Waals surface area contributed by atoms with Crippen molar-refractivity contribution in [1.29, 1.82) is 0 Å². The smallest absolute Gasteiger partial charge is 0.256 e. The van der Waals surface area contributed by atoms with Gasteiger partial charge in [-0.15, -0.1) is 0 Å². The Labute approximate surface area is 236 Å². The number of amides is 2. The molecule has 0 saturated carbocycles. The maximum atomic E-state index is 14.0. The molecule has 0 saturated heterocycles. The van der Waals surface area contributed by atoms with Crippen molar-refractivity contribution in [2.75, 3.05) is 19.5 Å². The lowest BCUT2D eigenvalue weighted by atomic mass is 9.68. The number of nitrogens with one attached hydrogen (secondary N) is 2. The third kappa shape index (κ3) is 5.19. The Hall–Kier alpha value is -4.18. The first kappa shape index (κ1) is 27.4. The first-order chi connectivity index (χ1) is 19.0. The van der Waals surface area contributed by atoms with Crippen molar-refractivity contribution in [2.24, 2.45) is 11.1 Å². The van der Waals surface area contributed by atoms with Crippen LogP contribution in [0.2, 0.25) is 0 Å². The van der Waals surface area contributed by atoms with Crippen LogP contribution in [0.3, 0.4) is 0 Å². The van der Waals surface area contributed by atoms with Crippen molar-refractivity contribution < 1.29 is 23.9 Å². The van der Waals surface area contributed by atoms with Gasteiger partial charge >= 0.3 is 0 Å². The van der Waals surface area contributed by atoms with Crippen LogP contribution < -0.4 is 25.8 Å². The molecule has 10 heteroatoms. The molecule has 1 aliphatic carbocycles. The zero-order valence-electron chi connectivity index (χ0n) is 23.1. The number of aromatic nitrogens is 1. The predicted octanol–water partition coefficient (Wildman–Crippen LogP) is 4.58. The lowest BCUT2D eigenvalue weighted by molar-refractivity contribution is -0.119. The number of methoxy groups -OCH3 is 2. The topological polar surface area (TPSA) is 133 Å². The number of carbonyl (C=O) groups excluding carboxylic acids is 3. The number of hydrogen-bond acceptors (Lipinski definition) is 8. The van der Waals surface area contributed by atoms with Crippen LogP contribution in [0.5, 0.6) is 11.5 Å². The number of dihydropyridines is 1. The first-order valence-electron chi connectivity index (χ1n) is 12.9. The second kappa shape index (κ2) is 10.4. The van der Waals surface area contributed by atoms with Crippen LogP contribution in [0.4, 0.5) is 5.13 Å². The van der Waals surface area contributed by atoms with Crippen molar-refractivity contribution in [3.8, 4) is 11.5 Å². The van der Waals surface area contributed by atoms with Crippen LogP contribution in [-0.2, 0) is 20.8 Å². The van der Waals surface area contributed by atoms with Gasteiger partial charge in [-0.25, -0.2) is 4.98 Å². The number of ether oxygens (including phenoxy) is 2. The number of primary amides is 1. The van der Waals surface area contributed by atoms with Crippen molar-refractivity contribution >= 4 is 44.3 Å². The molecule has 2 amide bonds. The molecular weight excluding hydrogens is 528 g/mol. The third-order valence-corrected chi connectivity index (χ3v) is 8.25. The number of Topliss-reactive ketones (excluding diaryl/α,β-unsaturated/α-hetero) is 1. The molecular formula is C30H32N4O5S. The minimum atomic E-state index is -0.646. The van der Waals surface area contributed by atoms with E-state index in [1.807, 2.05) is 37.3 Å². The fourth-order valence-corrected chi connectivity index (χ4v) is 6.47. The quantitative estimate of drug-likeness (QED) is 0.385. The molecule has 5 rings (SSSR count). The van der Waals surface area contributed by atoms with Crippen molar-refractivity contribution in [3.63, 3.8) is 0 Å². The Balaban J connectivity index is 1.60. The van der Waals surface area contributed by atoms with Gasteiger partial charge in [0.1, 0.15) is 11.5 Å². The second-order valence-corrected chi connectivity index (χ2v) is 12.0. The summed E-state index contributed by atoms with van der Waals surface area (Å²) in [7, 11) is 3.11. The Kier molecular flexibility index (Phi) is 7.14. The van der Waals surface area contributed by atoms with Gasteiger partial charge in [-0.05, 0) is 42.5 Å². The summed E-state index contributed by atoms with van der Waals surface area (Å²) >= 11 is 1.36. The lowest BCUT2D eigenvalue weighted by Gasteiger charge is -2.39. The molecule has 2 aromatic carbocycles. The van der Waals surface area contributed by atoms with Gasteiger partial charge in [0.05, 0.1) is 30.9 Å². The van der Waals surface area contributed by atoms with Crippen LogP contribution in [0.25, 0.3) is 10.2 Å². The number of ketones is 1. The minimum Gasteiger partial charge on any atom is -0.497 e. The van der Waals surface area contributed by atoms with Gasteiger partial charge in [-0.2, -0.15) is 0 Å². The van der Waals surface area contributed by atoms with E-state index in [2.05, 4.69) is 29.5 Å². The zero-order valence-corrected chi connectivity index (χ0v) is 24.0. The highest BCUT2D eigenvalue weighted by Gasteiger charge is 2.43. The molecule has 2 heterocycles. The number of nitrogens with two attached hydrogens (primary N) is 1. The van der Waals surface area contributed by atoms with E-state index in [9.17, 15) is 14.4 Å². The molecule has 0 spiro atoms. The molecule has 0 unspecified atom stereocenters. The number of benzene rings is 2. The first-order valence-corrected chi connectivity index (χ1v) is 13.8. The fraction of sp³-hybridized carbons (Fsp3) is 0.333. The summed E-state index contributed by atoms with van der Waals surface area (Å²) < 4.78 is 11.7. The van der Waals surface area contributed by atoms with E-state index in [1.54, 1.807) is 13.2 Å². The third-order valence-electron chi connectivity index (χ3n) is 7.30. The monoisotopic (exact) mass is 560 g/mol. The van der Waals surface area contributed by atoms with Gasteiger partial charge in [0, 0.05) is 46.5 Å². The molecule has 3 aromatic rings. The van der Waals surface area contributed by atoms with E-state index >= 15 is 0 Å². The maximum absolute atomic E-state index is 14.0. The number of carbonyl (C=O) groups is 3. The van der Waals surface area contributed by atoms with Crippen LogP contribution in [0.15, 0.2) is 58.9 Å². The van der Waals surface area contributed by atoms with E-state index in [-0.39, 0.29) is 23.5 Å².